The first-order valence-corrected chi connectivity index (χ1v) is 12.3. The van der Waals surface area contributed by atoms with Crippen LogP contribution in [0.2, 0.25) is 0 Å². The Kier molecular flexibility index (Phi) is 6.98. The highest BCUT2D eigenvalue weighted by molar-refractivity contribution is 5.90. The van der Waals surface area contributed by atoms with Crippen molar-refractivity contribution in [3.05, 3.63) is 83.9 Å². The van der Waals surface area contributed by atoms with E-state index in [0.29, 0.717) is 5.92 Å². The fourth-order valence-corrected chi connectivity index (χ4v) is 6.21. The summed E-state index contributed by atoms with van der Waals surface area (Å²) in [4.78, 5) is 11.8. The molecular formula is C30H36O2. The van der Waals surface area contributed by atoms with Crippen LogP contribution in [0, 0.1) is 11.3 Å². The van der Waals surface area contributed by atoms with Crippen LogP contribution in [0.15, 0.2) is 72.8 Å². The molecule has 0 radical (unpaired) electrons. The summed E-state index contributed by atoms with van der Waals surface area (Å²) in [5.41, 5.74) is 6.56. The minimum Gasteiger partial charge on any atom is -0.463 e. The minimum absolute atomic E-state index is 0.0432. The smallest absolute Gasteiger partial charge is 0.302 e. The van der Waals surface area contributed by atoms with Gasteiger partial charge in [0.15, 0.2) is 0 Å². The third-order valence-corrected chi connectivity index (χ3v) is 7.47. The molecule has 4 rings (SSSR count). The molecule has 0 amide bonds. The zero-order chi connectivity index (χ0) is 22.6. The zero-order valence-electron chi connectivity index (χ0n) is 19.6. The van der Waals surface area contributed by atoms with Gasteiger partial charge in [-0.3, -0.25) is 4.79 Å². The lowest BCUT2D eigenvalue weighted by molar-refractivity contribution is -0.146. The van der Waals surface area contributed by atoms with E-state index in [1.54, 1.807) is 5.57 Å². The van der Waals surface area contributed by atoms with Crippen molar-refractivity contribution < 1.29 is 9.53 Å². The standard InChI is InChI=1S/C30H36O2/c1-4-5-6-9-18-26-19-27-20-28(32-23(3)31)21-30(27,22(2)24-14-10-7-11-15-24)29(26)25-16-12-8-13-17-25/h7-8,10-17,27-28H,2,4-6,9,18-21H2,1,3H3/t27-,28+,30-/m0/s1. The molecule has 2 nitrogen and oxygen atoms in total. The van der Waals surface area contributed by atoms with Crippen molar-refractivity contribution in [2.75, 3.05) is 0 Å². The van der Waals surface area contributed by atoms with Crippen LogP contribution in [0.5, 0.6) is 0 Å². The van der Waals surface area contributed by atoms with Crippen molar-refractivity contribution in [2.45, 2.75) is 71.3 Å². The van der Waals surface area contributed by atoms with Gasteiger partial charge in [0, 0.05) is 12.3 Å². The Morgan fingerprint density at radius 2 is 1.72 bits per heavy atom. The summed E-state index contributed by atoms with van der Waals surface area (Å²) in [7, 11) is 0. The average Bonchev–Trinajstić information content (AvgIpc) is 3.29. The fraction of sp³-hybridized carbons (Fsp3) is 0.433. The van der Waals surface area contributed by atoms with Crippen molar-refractivity contribution in [2.24, 2.45) is 11.3 Å². The van der Waals surface area contributed by atoms with E-state index in [0.717, 1.165) is 25.7 Å². The Balaban J connectivity index is 1.80. The summed E-state index contributed by atoms with van der Waals surface area (Å²) in [6.07, 6.45) is 9.03. The SMILES string of the molecule is C=C(c1ccccc1)[C@@]12C[C@H](OC(C)=O)C[C@@H]1CC(CCCCCC)=C2c1ccccc1. The highest BCUT2D eigenvalue weighted by Gasteiger charge is 2.56. The molecular weight excluding hydrogens is 392 g/mol. The third kappa shape index (κ3) is 4.33. The van der Waals surface area contributed by atoms with Gasteiger partial charge in [-0.1, -0.05) is 99.0 Å². The first kappa shape index (κ1) is 22.6. The van der Waals surface area contributed by atoms with Gasteiger partial charge in [-0.2, -0.15) is 0 Å². The summed E-state index contributed by atoms with van der Waals surface area (Å²) in [6, 6.07) is 21.5. The molecule has 2 aromatic rings. The van der Waals surface area contributed by atoms with E-state index >= 15 is 0 Å². The number of allylic oxidation sites excluding steroid dienone is 3. The number of hydrogen-bond acceptors (Lipinski definition) is 2. The number of carbonyl (C=O) groups excluding carboxylic acids is 1. The quantitative estimate of drug-likeness (QED) is 0.300. The monoisotopic (exact) mass is 428 g/mol. The lowest BCUT2D eigenvalue weighted by Gasteiger charge is -2.36. The Labute approximate surface area is 193 Å². The molecule has 0 N–H and O–H groups in total. The summed E-state index contributed by atoms with van der Waals surface area (Å²) in [6.45, 7) is 8.49. The summed E-state index contributed by atoms with van der Waals surface area (Å²) >= 11 is 0. The summed E-state index contributed by atoms with van der Waals surface area (Å²) in [5, 5.41) is 0. The van der Waals surface area contributed by atoms with Crippen molar-refractivity contribution in [1.29, 1.82) is 0 Å². The van der Waals surface area contributed by atoms with Gasteiger partial charge in [0.1, 0.15) is 6.10 Å². The van der Waals surface area contributed by atoms with E-state index < -0.39 is 0 Å². The molecule has 0 unspecified atom stereocenters. The molecule has 2 aliphatic carbocycles. The van der Waals surface area contributed by atoms with Crippen LogP contribution in [0.4, 0.5) is 0 Å². The molecule has 2 aliphatic rings. The first-order chi connectivity index (χ1) is 15.6. The molecule has 0 saturated heterocycles. The van der Waals surface area contributed by atoms with E-state index in [1.807, 2.05) is 0 Å². The molecule has 32 heavy (non-hydrogen) atoms. The molecule has 3 atom stereocenters. The van der Waals surface area contributed by atoms with Crippen molar-refractivity contribution in [3.8, 4) is 0 Å². The Morgan fingerprint density at radius 3 is 2.38 bits per heavy atom. The van der Waals surface area contributed by atoms with Gasteiger partial charge in [-0.05, 0) is 60.3 Å². The second-order valence-electron chi connectivity index (χ2n) is 9.54. The topological polar surface area (TPSA) is 26.3 Å². The van der Waals surface area contributed by atoms with Crippen molar-refractivity contribution >= 4 is 17.1 Å². The predicted molar refractivity (Wildman–Crippen MR) is 133 cm³/mol. The molecule has 1 fully saturated rings. The lowest BCUT2D eigenvalue weighted by atomic mass is 9.66. The Hall–Kier alpha value is -2.61. The van der Waals surface area contributed by atoms with Crippen LogP contribution in [0.3, 0.4) is 0 Å². The van der Waals surface area contributed by atoms with Gasteiger partial charge in [0.05, 0.1) is 0 Å². The number of esters is 1. The molecule has 0 aliphatic heterocycles. The van der Waals surface area contributed by atoms with Crippen LogP contribution < -0.4 is 0 Å². The third-order valence-electron chi connectivity index (χ3n) is 7.47. The van der Waals surface area contributed by atoms with Crippen LogP contribution in [0.25, 0.3) is 11.1 Å². The van der Waals surface area contributed by atoms with Crippen molar-refractivity contribution in [1.82, 2.24) is 0 Å². The minimum atomic E-state index is -0.180. The maximum absolute atomic E-state index is 11.8. The van der Waals surface area contributed by atoms with Crippen LogP contribution >= 0.6 is 0 Å². The largest absolute Gasteiger partial charge is 0.463 e. The Morgan fingerprint density at radius 1 is 1.03 bits per heavy atom. The molecule has 2 heteroatoms. The number of unbranched alkanes of at least 4 members (excludes halogenated alkanes) is 3. The number of hydrogen-bond donors (Lipinski definition) is 0. The maximum atomic E-state index is 11.8. The van der Waals surface area contributed by atoms with Gasteiger partial charge < -0.3 is 4.74 Å². The molecule has 168 valence electrons. The number of rotatable bonds is 9. The molecule has 0 spiro atoms. The van der Waals surface area contributed by atoms with Crippen LogP contribution in [-0.4, -0.2) is 12.1 Å². The van der Waals surface area contributed by atoms with Gasteiger partial charge >= 0.3 is 5.97 Å². The second kappa shape index (κ2) is 9.90. The van der Waals surface area contributed by atoms with Gasteiger partial charge in [0.2, 0.25) is 0 Å². The maximum Gasteiger partial charge on any atom is 0.302 e. The first-order valence-electron chi connectivity index (χ1n) is 12.3. The summed E-state index contributed by atoms with van der Waals surface area (Å²) in [5.74, 6) is 0.247. The van der Waals surface area contributed by atoms with Crippen LogP contribution in [-0.2, 0) is 9.53 Å². The van der Waals surface area contributed by atoms with E-state index in [4.69, 9.17) is 11.3 Å². The average molecular weight is 429 g/mol. The molecule has 1 saturated carbocycles. The molecule has 0 aromatic heterocycles. The highest BCUT2D eigenvalue weighted by Crippen LogP contribution is 2.66. The lowest BCUT2D eigenvalue weighted by Crippen LogP contribution is -2.26. The number of carbonyl (C=O) groups is 1. The normalized spacial score (nSPS) is 24.4. The number of ether oxygens (including phenoxy) is 1. The number of fused-ring (bicyclic) bond motifs is 1. The molecule has 0 bridgehead atoms. The summed E-state index contributed by atoms with van der Waals surface area (Å²) < 4.78 is 5.79. The van der Waals surface area contributed by atoms with E-state index in [-0.39, 0.29) is 17.5 Å². The van der Waals surface area contributed by atoms with E-state index in [1.165, 1.54) is 54.9 Å². The predicted octanol–water partition coefficient (Wildman–Crippen LogP) is 7.86. The van der Waals surface area contributed by atoms with Crippen LogP contribution in [0.1, 0.15) is 76.3 Å². The molecule has 0 heterocycles. The molecule has 2 aromatic carbocycles. The Bertz CT molecular complexity index is 972. The highest BCUT2D eigenvalue weighted by atomic mass is 16.5. The second-order valence-corrected chi connectivity index (χ2v) is 9.54. The van der Waals surface area contributed by atoms with E-state index in [9.17, 15) is 4.79 Å². The zero-order valence-corrected chi connectivity index (χ0v) is 19.6. The van der Waals surface area contributed by atoms with Gasteiger partial charge in [-0.15, -0.1) is 0 Å². The number of benzene rings is 2. The fourth-order valence-electron chi connectivity index (χ4n) is 6.21. The van der Waals surface area contributed by atoms with E-state index in [2.05, 4.69) is 67.6 Å². The van der Waals surface area contributed by atoms with Gasteiger partial charge in [0.25, 0.3) is 0 Å². The van der Waals surface area contributed by atoms with Gasteiger partial charge in [-0.25, -0.2) is 0 Å². The van der Waals surface area contributed by atoms with Crippen molar-refractivity contribution in [3.63, 3.8) is 0 Å².